The van der Waals surface area contributed by atoms with Crippen LogP contribution in [0.2, 0.25) is 5.02 Å². The number of carbonyl (C=O) groups excluding carboxylic acids is 2. The van der Waals surface area contributed by atoms with Crippen LogP contribution in [0.5, 0.6) is 0 Å². The standard InChI is InChI=1S/C19H23BrClN5O2/c1-12(11-26-9-5-2-6-10-26)22-19(28)16-15(20)17(25-24-16)23-18(27)13-7-3-4-8-14(13)21/h3-4,7-8,12H,2,5-6,9-11H2,1H3,(H,22,28)(H2,23,24,25,27)/t12-/m1/s1. The zero-order chi connectivity index (χ0) is 20.1. The van der Waals surface area contributed by atoms with Crippen molar-refractivity contribution in [2.75, 3.05) is 25.0 Å². The maximum atomic E-state index is 12.6. The molecule has 2 amide bonds. The molecule has 1 aliphatic rings. The summed E-state index contributed by atoms with van der Waals surface area (Å²) in [6.45, 7) is 4.94. The Morgan fingerprint density at radius 3 is 2.68 bits per heavy atom. The predicted octanol–water partition coefficient (Wildman–Crippen LogP) is 3.68. The number of aromatic amines is 1. The third kappa shape index (κ3) is 5.12. The van der Waals surface area contributed by atoms with Crippen LogP contribution in [-0.2, 0) is 0 Å². The Morgan fingerprint density at radius 1 is 1.25 bits per heavy atom. The van der Waals surface area contributed by atoms with Crippen molar-refractivity contribution in [3.63, 3.8) is 0 Å². The maximum absolute atomic E-state index is 12.6. The minimum atomic E-state index is -0.389. The lowest BCUT2D eigenvalue weighted by atomic mass is 10.1. The number of carbonyl (C=O) groups is 2. The van der Waals surface area contributed by atoms with E-state index >= 15 is 0 Å². The summed E-state index contributed by atoms with van der Waals surface area (Å²) in [4.78, 5) is 27.3. The minimum Gasteiger partial charge on any atom is -0.347 e. The molecule has 1 aromatic heterocycles. The van der Waals surface area contributed by atoms with Crippen molar-refractivity contribution in [2.24, 2.45) is 0 Å². The molecule has 1 aliphatic heterocycles. The molecule has 2 heterocycles. The van der Waals surface area contributed by atoms with Crippen LogP contribution in [0.3, 0.4) is 0 Å². The average molecular weight is 469 g/mol. The molecule has 1 fully saturated rings. The van der Waals surface area contributed by atoms with E-state index in [1.54, 1.807) is 24.3 Å². The molecule has 3 N–H and O–H groups in total. The van der Waals surface area contributed by atoms with Crippen LogP contribution in [0.1, 0.15) is 47.0 Å². The van der Waals surface area contributed by atoms with E-state index < -0.39 is 0 Å². The van der Waals surface area contributed by atoms with Crippen LogP contribution >= 0.6 is 27.5 Å². The predicted molar refractivity (Wildman–Crippen MR) is 113 cm³/mol. The van der Waals surface area contributed by atoms with E-state index in [0.29, 0.717) is 20.9 Å². The monoisotopic (exact) mass is 467 g/mol. The van der Waals surface area contributed by atoms with E-state index in [2.05, 4.69) is 41.7 Å². The molecule has 0 spiro atoms. The maximum Gasteiger partial charge on any atom is 0.273 e. The molecular weight excluding hydrogens is 446 g/mol. The summed E-state index contributed by atoms with van der Waals surface area (Å²) in [5, 5.41) is 12.7. The second-order valence-corrected chi connectivity index (χ2v) is 8.13. The third-order valence-electron chi connectivity index (χ3n) is 4.64. The zero-order valence-corrected chi connectivity index (χ0v) is 17.9. The van der Waals surface area contributed by atoms with Gasteiger partial charge < -0.3 is 15.5 Å². The van der Waals surface area contributed by atoms with Crippen molar-refractivity contribution in [3.8, 4) is 0 Å². The molecule has 2 aromatic rings. The van der Waals surface area contributed by atoms with Gasteiger partial charge in [0.2, 0.25) is 0 Å². The number of hydrogen-bond donors (Lipinski definition) is 3. The lowest BCUT2D eigenvalue weighted by molar-refractivity contribution is 0.0919. The van der Waals surface area contributed by atoms with Crippen LogP contribution in [-0.4, -0.2) is 52.6 Å². The smallest absolute Gasteiger partial charge is 0.273 e. The molecule has 150 valence electrons. The summed E-state index contributed by atoms with van der Waals surface area (Å²) in [6, 6.07) is 6.73. The van der Waals surface area contributed by atoms with Crippen molar-refractivity contribution in [3.05, 3.63) is 45.0 Å². The summed E-state index contributed by atoms with van der Waals surface area (Å²) >= 11 is 9.40. The van der Waals surface area contributed by atoms with Crippen molar-refractivity contribution < 1.29 is 9.59 Å². The highest BCUT2D eigenvalue weighted by atomic mass is 79.9. The molecule has 0 saturated carbocycles. The molecule has 0 aliphatic carbocycles. The van der Waals surface area contributed by atoms with Crippen LogP contribution in [0.15, 0.2) is 28.7 Å². The molecule has 1 saturated heterocycles. The molecular formula is C19H23BrClN5O2. The summed E-state index contributed by atoms with van der Waals surface area (Å²) in [5.74, 6) is -0.384. The van der Waals surface area contributed by atoms with Crippen LogP contribution < -0.4 is 10.6 Å². The Morgan fingerprint density at radius 2 is 1.96 bits per heavy atom. The van der Waals surface area contributed by atoms with E-state index in [1.165, 1.54) is 19.3 Å². The van der Waals surface area contributed by atoms with Crippen LogP contribution in [0.4, 0.5) is 5.82 Å². The molecule has 7 nitrogen and oxygen atoms in total. The van der Waals surface area contributed by atoms with Gasteiger partial charge in [0.25, 0.3) is 11.8 Å². The lowest BCUT2D eigenvalue weighted by Gasteiger charge is -2.29. The highest BCUT2D eigenvalue weighted by Gasteiger charge is 2.22. The third-order valence-corrected chi connectivity index (χ3v) is 5.74. The van der Waals surface area contributed by atoms with Gasteiger partial charge in [0, 0.05) is 12.6 Å². The first-order valence-corrected chi connectivity index (χ1v) is 10.5. The van der Waals surface area contributed by atoms with Gasteiger partial charge >= 0.3 is 0 Å². The largest absolute Gasteiger partial charge is 0.347 e. The van der Waals surface area contributed by atoms with Gasteiger partial charge in [-0.05, 0) is 60.9 Å². The number of amides is 2. The van der Waals surface area contributed by atoms with Crippen LogP contribution in [0.25, 0.3) is 0 Å². The normalized spacial score (nSPS) is 15.8. The Hall–Kier alpha value is -1.90. The van der Waals surface area contributed by atoms with Crippen molar-refractivity contribution in [1.29, 1.82) is 0 Å². The number of hydrogen-bond acceptors (Lipinski definition) is 4. The second-order valence-electron chi connectivity index (χ2n) is 6.93. The summed E-state index contributed by atoms with van der Waals surface area (Å²) in [6.07, 6.45) is 3.69. The van der Waals surface area contributed by atoms with Gasteiger partial charge in [0.15, 0.2) is 5.69 Å². The van der Waals surface area contributed by atoms with E-state index in [-0.39, 0.29) is 23.6 Å². The summed E-state index contributed by atoms with van der Waals surface area (Å²) in [7, 11) is 0. The van der Waals surface area contributed by atoms with Gasteiger partial charge in [-0.25, -0.2) is 0 Å². The number of nitrogens with one attached hydrogen (secondary N) is 3. The Balaban J connectivity index is 1.61. The first kappa shape index (κ1) is 20.8. The summed E-state index contributed by atoms with van der Waals surface area (Å²) < 4.78 is 0.399. The van der Waals surface area contributed by atoms with Gasteiger partial charge in [0.05, 0.1) is 15.1 Å². The fraction of sp³-hybridized carbons (Fsp3) is 0.421. The molecule has 0 radical (unpaired) electrons. The number of nitrogens with zero attached hydrogens (tertiary/aromatic N) is 2. The van der Waals surface area contributed by atoms with Gasteiger partial charge in [0.1, 0.15) is 5.82 Å². The van der Waals surface area contributed by atoms with E-state index in [0.717, 1.165) is 19.6 Å². The molecule has 3 rings (SSSR count). The van der Waals surface area contributed by atoms with E-state index in [4.69, 9.17) is 11.6 Å². The SMILES string of the molecule is C[C@H](CN1CCCCC1)NC(=O)c1n[nH]c(NC(=O)c2ccccc2Cl)c1Br. The van der Waals surface area contributed by atoms with Gasteiger partial charge in [-0.3, -0.25) is 14.7 Å². The van der Waals surface area contributed by atoms with E-state index in [1.807, 2.05) is 6.92 Å². The molecule has 1 aromatic carbocycles. The lowest BCUT2D eigenvalue weighted by Crippen LogP contribution is -2.43. The molecule has 1 atom stereocenters. The van der Waals surface area contributed by atoms with E-state index in [9.17, 15) is 9.59 Å². The highest BCUT2D eigenvalue weighted by molar-refractivity contribution is 9.10. The number of H-pyrrole nitrogens is 1. The number of rotatable bonds is 6. The van der Waals surface area contributed by atoms with Crippen LogP contribution in [0, 0.1) is 0 Å². The molecule has 9 heteroatoms. The first-order valence-electron chi connectivity index (χ1n) is 9.28. The second kappa shape index (κ2) is 9.54. The number of anilines is 1. The number of likely N-dealkylation sites (tertiary alicyclic amines) is 1. The van der Waals surface area contributed by atoms with Gasteiger partial charge in [-0.15, -0.1) is 0 Å². The molecule has 0 bridgehead atoms. The van der Waals surface area contributed by atoms with Crippen molar-refractivity contribution >= 4 is 45.2 Å². The quantitative estimate of drug-likeness (QED) is 0.603. The number of aromatic nitrogens is 2. The Bertz CT molecular complexity index is 851. The number of benzene rings is 1. The molecule has 28 heavy (non-hydrogen) atoms. The summed E-state index contributed by atoms with van der Waals surface area (Å²) in [5.41, 5.74) is 0.534. The topological polar surface area (TPSA) is 90.1 Å². The number of halogens is 2. The van der Waals surface area contributed by atoms with Gasteiger partial charge in [-0.2, -0.15) is 5.10 Å². The number of piperidine rings is 1. The fourth-order valence-corrected chi connectivity index (χ4v) is 3.93. The highest BCUT2D eigenvalue weighted by Crippen LogP contribution is 2.25. The minimum absolute atomic E-state index is 0.00429. The molecule has 0 unspecified atom stereocenters. The zero-order valence-electron chi connectivity index (χ0n) is 15.6. The van der Waals surface area contributed by atoms with Gasteiger partial charge in [-0.1, -0.05) is 30.2 Å². The first-order chi connectivity index (χ1) is 13.5. The fourth-order valence-electron chi connectivity index (χ4n) is 3.25. The Kier molecular flexibility index (Phi) is 7.09. The van der Waals surface area contributed by atoms with Crippen molar-refractivity contribution in [1.82, 2.24) is 20.4 Å². The Labute approximate surface area is 177 Å². The van der Waals surface area contributed by atoms with Crippen molar-refractivity contribution in [2.45, 2.75) is 32.2 Å². The average Bonchev–Trinajstić information content (AvgIpc) is 3.03.